The van der Waals surface area contributed by atoms with Crippen LogP contribution in [0.2, 0.25) is 5.02 Å². The lowest BCUT2D eigenvalue weighted by Crippen LogP contribution is -2.57. The number of halogens is 4. The van der Waals surface area contributed by atoms with E-state index in [0.717, 1.165) is 30.7 Å². The molecule has 4 aromatic rings. The molecular formula is C33H29ClF3N7O2S. The number of benzene rings is 2. The van der Waals surface area contributed by atoms with Gasteiger partial charge in [0, 0.05) is 42.9 Å². The average molecular weight is 680 g/mol. The molecule has 2 aromatic heterocycles. The number of hydrogen-bond acceptors (Lipinski definition) is 10. The molecule has 0 amide bonds. The van der Waals surface area contributed by atoms with Crippen LogP contribution in [0, 0.1) is 40.2 Å². The van der Waals surface area contributed by atoms with Crippen molar-refractivity contribution in [1.82, 2.24) is 14.9 Å². The highest BCUT2D eigenvalue weighted by molar-refractivity contribution is 7.23. The maximum Gasteiger partial charge on any atom is 0.319 e. The Kier molecular flexibility index (Phi) is 6.92. The minimum Gasteiger partial charge on any atom is -0.491 e. The van der Waals surface area contributed by atoms with Gasteiger partial charge >= 0.3 is 6.01 Å². The molecule has 242 valence electrons. The molecule has 9 nitrogen and oxygen atoms in total. The number of nitrogens with zero attached hydrogens (tertiary/aromatic N) is 6. The highest BCUT2D eigenvalue weighted by atomic mass is 35.5. The summed E-state index contributed by atoms with van der Waals surface area (Å²) in [6.45, 7) is 1.48. The van der Waals surface area contributed by atoms with E-state index in [1.54, 1.807) is 0 Å². The number of nitrogens with two attached hydrogens (primary N) is 1. The van der Waals surface area contributed by atoms with Crippen molar-refractivity contribution in [2.24, 2.45) is 5.92 Å². The zero-order valence-electron chi connectivity index (χ0n) is 25.4. The molecule has 3 aliphatic heterocycles. The van der Waals surface area contributed by atoms with Gasteiger partial charge in [-0.2, -0.15) is 20.5 Å². The summed E-state index contributed by atoms with van der Waals surface area (Å²) >= 11 is 7.92. The largest absolute Gasteiger partial charge is 0.491 e. The van der Waals surface area contributed by atoms with Crippen LogP contribution in [-0.4, -0.2) is 65.5 Å². The maximum absolute atomic E-state index is 17.1. The van der Waals surface area contributed by atoms with Gasteiger partial charge in [-0.3, -0.25) is 4.90 Å². The summed E-state index contributed by atoms with van der Waals surface area (Å²) in [5.74, 6) is -1.08. The first-order valence-electron chi connectivity index (χ1n) is 15.5. The fourth-order valence-electron chi connectivity index (χ4n) is 8.23. The van der Waals surface area contributed by atoms with Crippen molar-refractivity contribution < 1.29 is 22.6 Å². The van der Waals surface area contributed by atoms with E-state index in [2.05, 4.69) is 16.0 Å². The number of nitriles is 2. The van der Waals surface area contributed by atoms with Gasteiger partial charge in [-0.15, -0.1) is 11.3 Å². The Bertz CT molecular complexity index is 2070. The lowest BCUT2D eigenvalue weighted by Gasteiger charge is -2.52. The first-order valence-corrected chi connectivity index (χ1v) is 16.7. The summed E-state index contributed by atoms with van der Waals surface area (Å²) in [5.41, 5.74) is 5.07. The molecule has 3 fully saturated rings. The Morgan fingerprint density at radius 3 is 2.77 bits per heavy atom. The first-order chi connectivity index (χ1) is 22.6. The molecule has 2 atom stereocenters. The molecule has 47 heavy (non-hydrogen) atoms. The van der Waals surface area contributed by atoms with Crippen molar-refractivity contribution in [2.45, 2.75) is 55.8 Å². The lowest BCUT2D eigenvalue weighted by molar-refractivity contribution is 0.107. The monoisotopic (exact) mass is 679 g/mol. The van der Waals surface area contributed by atoms with E-state index in [-0.39, 0.29) is 78.6 Å². The number of ether oxygens (including phenoxy) is 2. The molecule has 5 heterocycles. The molecule has 8 rings (SSSR count). The fourth-order valence-corrected chi connectivity index (χ4v) is 9.52. The zero-order chi connectivity index (χ0) is 32.8. The van der Waals surface area contributed by atoms with Gasteiger partial charge in [-0.25, -0.2) is 13.2 Å². The standard InChI is InChI=1S/C33H29ClF3N7O2S/c1-43-30-23-26(41-31(42-30)46-15-33-5-2-7-44(33)14-17(35)11-33)25(37)22(18-3-4-20(36)28-21(18)19(13-39)29(40)47-28)24(34)27(23)45-8-6-32(43)9-16(10-32)12-38/h3-4,16-17H,2,5-11,14-15,40H2,1H3/t16?,17-,32?,33+/m1/s1. The Balaban J connectivity index is 1.35. The molecule has 1 aliphatic carbocycles. The fraction of sp³-hybridized carbons (Fsp3) is 0.455. The van der Waals surface area contributed by atoms with Crippen LogP contribution in [0.4, 0.5) is 24.0 Å². The van der Waals surface area contributed by atoms with E-state index >= 15 is 4.39 Å². The summed E-state index contributed by atoms with van der Waals surface area (Å²) in [7, 11) is 1.85. The minimum absolute atomic E-state index is 0.0212. The average Bonchev–Trinajstić information content (AvgIpc) is 3.68. The van der Waals surface area contributed by atoms with Crippen LogP contribution in [0.5, 0.6) is 11.8 Å². The van der Waals surface area contributed by atoms with Gasteiger partial charge in [0.1, 0.15) is 41.0 Å². The van der Waals surface area contributed by atoms with Crippen molar-refractivity contribution in [2.75, 3.05) is 44.0 Å². The number of alkyl halides is 1. The summed E-state index contributed by atoms with van der Waals surface area (Å²) in [5, 5.41) is 19.9. The Labute approximate surface area is 277 Å². The molecule has 1 spiro atoms. The minimum atomic E-state index is -0.957. The Morgan fingerprint density at radius 1 is 1.19 bits per heavy atom. The van der Waals surface area contributed by atoms with E-state index in [4.69, 9.17) is 31.8 Å². The van der Waals surface area contributed by atoms with Crippen molar-refractivity contribution >= 4 is 54.7 Å². The second-order valence-corrected chi connectivity index (χ2v) is 14.5. The SMILES string of the molecule is CN1c2nc(OC[C@@]34CCCN3C[C@H](F)C4)nc3c(F)c(-c4ccc(F)c5sc(N)c(C#N)c45)c(Cl)c(c23)OCCC12CC(C#N)C2. The quantitative estimate of drug-likeness (QED) is 0.250. The number of nitrogen functional groups attached to an aromatic ring is 1. The smallest absolute Gasteiger partial charge is 0.319 e. The predicted molar refractivity (Wildman–Crippen MR) is 173 cm³/mol. The molecule has 0 bridgehead atoms. The van der Waals surface area contributed by atoms with Gasteiger partial charge in [-0.05, 0) is 43.9 Å². The van der Waals surface area contributed by atoms with E-state index in [0.29, 0.717) is 38.0 Å². The Hall–Kier alpha value is -4.04. The third-order valence-electron chi connectivity index (χ3n) is 10.7. The van der Waals surface area contributed by atoms with Gasteiger partial charge in [0.25, 0.3) is 0 Å². The third-order valence-corrected chi connectivity index (χ3v) is 12.0. The molecule has 4 aliphatic rings. The van der Waals surface area contributed by atoms with Gasteiger partial charge < -0.3 is 20.1 Å². The van der Waals surface area contributed by atoms with Crippen LogP contribution in [0.25, 0.3) is 32.1 Å². The first kappa shape index (κ1) is 30.3. The maximum atomic E-state index is 17.1. The molecular weight excluding hydrogens is 651 g/mol. The van der Waals surface area contributed by atoms with Crippen LogP contribution in [0.15, 0.2) is 12.1 Å². The van der Waals surface area contributed by atoms with Gasteiger partial charge in [0.2, 0.25) is 0 Å². The van der Waals surface area contributed by atoms with Crippen LogP contribution < -0.4 is 20.1 Å². The summed E-state index contributed by atoms with van der Waals surface area (Å²) < 4.78 is 59.3. The van der Waals surface area contributed by atoms with E-state index < -0.39 is 28.9 Å². The van der Waals surface area contributed by atoms with E-state index in [1.807, 2.05) is 18.0 Å². The Morgan fingerprint density at radius 2 is 2.00 bits per heavy atom. The van der Waals surface area contributed by atoms with Crippen molar-refractivity contribution in [3.8, 4) is 35.0 Å². The molecule has 2 aromatic carbocycles. The summed E-state index contributed by atoms with van der Waals surface area (Å²) in [4.78, 5) is 13.4. The highest BCUT2D eigenvalue weighted by Crippen LogP contribution is 2.54. The van der Waals surface area contributed by atoms with Crippen LogP contribution in [-0.2, 0) is 0 Å². The number of hydrogen-bond donors (Lipinski definition) is 1. The molecule has 0 radical (unpaired) electrons. The van der Waals surface area contributed by atoms with Gasteiger partial charge in [0.05, 0.1) is 44.8 Å². The molecule has 1 saturated carbocycles. The van der Waals surface area contributed by atoms with Gasteiger partial charge in [0.15, 0.2) is 11.6 Å². The second-order valence-electron chi connectivity index (χ2n) is 13.1. The lowest BCUT2D eigenvalue weighted by atomic mass is 9.66. The molecule has 0 unspecified atom stereocenters. The normalized spacial score (nSPS) is 26.8. The predicted octanol–water partition coefficient (Wildman–Crippen LogP) is 6.74. The number of aromatic nitrogens is 2. The highest BCUT2D eigenvalue weighted by Gasteiger charge is 2.51. The van der Waals surface area contributed by atoms with Crippen LogP contribution in [0.1, 0.15) is 44.1 Å². The van der Waals surface area contributed by atoms with Crippen molar-refractivity contribution in [1.29, 1.82) is 10.5 Å². The number of rotatable bonds is 4. The summed E-state index contributed by atoms with van der Waals surface area (Å²) in [6.07, 6.45) is 2.77. The molecule has 2 N–H and O–H groups in total. The topological polar surface area (TPSA) is 124 Å². The second kappa shape index (κ2) is 10.7. The summed E-state index contributed by atoms with van der Waals surface area (Å²) in [6, 6.07) is 6.83. The van der Waals surface area contributed by atoms with Crippen molar-refractivity contribution in [3.05, 3.63) is 34.4 Å². The van der Waals surface area contributed by atoms with E-state index in [9.17, 15) is 19.3 Å². The number of fused-ring (bicyclic) bond motifs is 2. The third kappa shape index (κ3) is 4.36. The number of thiophene rings is 1. The number of anilines is 2. The van der Waals surface area contributed by atoms with Gasteiger partial charge in [-0.1, -0.05) is 17.7 Å². The zero-order valence-corrected chi connectivity index (χ0v) is 27.0. The van der Waals surface area contributed by atoms with Crippen LogP contribution >= 0.6 is 22.9 Å². The molecule has 14 heteroatoms. The van der Waals surface area contributed by atoms with Crippen molar-refractivity contribution in [3.63, 3.8) is 0 Å². The molecule has 2 saturated heterocycles. The van der Waals surface area contributed by atoms with Crippen LogP contribution in [0.3, 0.4) is 0 Å². The van der Waals surface area contributed by atoms with E-state index in [1.165, 1.54) is 12.1 Å².